The maximum atomic E-state index is 12.3. The highest BCUT2D eigenvalue weighted by molar-refractivity contribution is 5.81. The lowest BCUT2D eigenvalue weighted by Gasteiger charge is -2.18. The van der Waals surface area contributed by atoms with E-state index in [1.165, 1.54) is 31.3 Å². The fourth-order valence-electron chi connectivity index (χ4n) is 2.75. The van der Waals surface area contributed by atoms with Crippen LogP contribution < -0.4 is 14.8 Å². The SMILES string of the molecule is CC[C@@H](Oc1cccc(OC)c1)C(=O)NCCC1=CCCCC1. The van der Waals surface area contributed by atoms with Crippen LogP contribution >= 0.6 is 0 Å². The molecule has 0 saturated carbocycles. The van der Waals surface area contributed by atoms with Gasteiger partial charge in [-0.2, -0.15) is 0 Å². The van der Waals surface area contributed by atoms with Crippen LogP contribution in [0.1, 0.15) is 45.4 Å². The van der Waals surface area contributed by atoms with Crippen molar-refractivity contribution in [3.63, 3.8) is 0 Å². The minimum Gasteiger partial charge on any atom is -0.497 e. The number of amides is 1. The Balaban J connectivity index is 1.81. The zero-order chi connectivity index (χ0) is 16.5. The Morgan fingerprint density at radius 3 is 2.83 bits per heavy atom. The van der Waals surface area contributed by atoms with Crippen molar-refractivity contribution in [2.75, 3.05) is 13.7 Å². The Morgan fingerprint density at radius 1 is 1.30 bits per heavy atom. The van der Waals surface area contributed by atoms with Crippen LogP contribution in [0.3, 0.4) is 0 Å². The lowest BCUT2D eigenvalue weighted by Crippen LogP contribution is -2.38. The Labute approximate surface area is 138 Å². The molecule has 0 radical (unpaired) electrons. The molecule has 0 aliphatic heterocycles. The van der Waals surface area contributed by atoms with Crippen molar-refractivity contribution in [2.24, 2.45) is 0 Å². The lowest BCUT2D eigenvalue weighted by molar-refractivity contribution is -0.128. The van der Waals surface area contributed by atoms with Crippen molar-refractivity contribution in [2.45, 2.75) is 51.6 Å². The standard InChI is InChI=1S/C19H27NO3/c1-3-18(23-17-11-7-10-16(14-17)22-2)19(21)20-13-12-15-8-5-4-6-9-15/h7-8,10-11,14,18H,3-6,9,12-13H2,1-2H3,(H,20,21)/t18-/m1/s1. The van der Waals surface area contributed by atoms with E-state index < -0.39 is 6.10 Å². The summed E-state index contributed by atoms with van der Waals surface area (Å²) in [4.78, 5) is 12.3. The van der Waals surface area contributed by atoms with E-state index in [0.717, 1.165) is 12.2 Å². The van der Waals surface area contributed by atoms with Gasteiger partial charge in [0.25, 0.3) is 5.91 Å². The summed E-state index contributed by atoms with van der Waals surface area (Å²) >= 11 is 0. The van der Waals surface area contributed by atoms with Gasteiger partial charge in [-0.05, 0) is 50.7 Å². The van der Waals surface area contributed by atoms with E-state index in [0.29, 0.717) is 18.7 Å². The first-order chi connectivity index (χ1) is 11.2. The van der Waals surface area contributed by atoms with E-state index in [1.54, 1.807) is 13.2 Å². The third-order valence-electron chi connectivity index (χ3n) is 4.11. The molecule has 1 aromatic carbocycles. The van der Waals surface area contributed by atoms with E-state index in [2.05, 4.69) is 11.4 Å². The van der Waals surface area contributed by atoms with Crippen molar-refractivity contribution >= 4 is 5.91 Å². The monoisotopic (exact) mass is 317 g/mol. The fraction of sp³-hybridized carbons (Fsp3) is 0.526. The second-order valence-corrected chi connectivity index (χ2v) is 5.84. The van der Waals surface area contributed by atoms with Crippen molar-refractivity contribution in [3.8, 4) is 11.5 Å². The summed E-state index contributed by atoms with van der Waals surface area (Å²) in [6, 6.07) is 7.34. The molecule has 1 atom stereocenters. The van der Waals surface area contributed by atoms with Crippen LogP contribution in [0.15, 0.2) is 35.9 Å². The molecule has 0 spiro atoms. The molecule has 126 valence electrons. The first-order valence-corrected chi connectivity index (χ1v) is 8.49. The second kappa shape index (κ2) is 9.23. The average molecular weight is 317 g/mol. The smallest absolute Gasteiger partial charge is 0.261 e. The van der Waals surface area contributed by atoms with E-state index in [4.69, 9.17) is 9.47 Å². The van der Waals surface area contributed by atoms with Crippen LogP contribution in [0.5, 0.6) is 11.5 Å². The summed E-state index contributed by atoms with van der Waals surface area (Å²) in [6.07, 6.45) is 8.35. The summed E-state index contributed by atoms with van der Waals surface area (Å²) in [5, 5.41) is 2.99. The van der Waals surface area contributed by atoms with E-state index in [9.17, 15) is 4.79 Å². The maximum Gasteiger partial charge on any atom is 0.261 e. The highest BCUT2D eigenvalue weighted by atomic mass is 16.5. The van der Waals surface area contributed by atoms with Gasteiger partial charge in [0.2, 0.25) is 0 Å². The van der Waals surface area contributed by atoms with Crippen LogP contribution in [-0.4, -0.2) is 25.7 Å². The number of nitrogens with one attached hydrogen (secondary N) is 1. The van der Waals surface area contributed by atoms with Crippen LogP contribution in [0.4, 0.5) is 0 Å². The molecule has 2 rings (SSSR count). The molecule has 0 fully saturated rings. The van der Waals surface area contributed by atoms with Gasteiger partial charge >= 0.3 is 0 Å². The van der Waals surface area contributed by atoms with Gasteiger partial charge in [0.15, 0.2) is 6.10 Å². The van der Waals surface area contributed by atoms with Gasteiger partial charge in [-0.25, -0.2) is 0 Å². The first-order valence-electron chi connectivity index (χ1n) is 8.49. The third-order valence-corrected chi connectivity index (χ3v) is 4.11. The predicted octanol–water partition coefficient (Wildman–Crippen LogP) is 3.86. The van der Waals surface area contributed by atoms with Crippen LogP contribution in [0.25, 0.3) is 0 Å². The molecule has 1 N–H and O–H groups in total. The molecule has 1 aliphatic carbocycles. The molecule has 0 bridgehead atoms. The third kappa shape index (κ3) is 5.62. The number of carbonyl (C=O) groups is 1. The second-order valence-electron chi connectivity index (χ2n) is 5.84. The van der Waals surface area contributed by atoms with Gasteiger partial charge in [0, 0.05) is 12.6 Å². The molecule has 4 nitrogen and oxygen atoms in total. The molecule has 0 unspecified atom stereocenters. The summed E-state index contributed by atoms with van der Waals surface area (Å²) in [5.74, 6) is 1.33. The normalized spacial score (nSPS) is 15.5. The predicted molar refractivity (Wildman–Crippen MR) is 91.9 cm³/mol. The van der Waals surface area contributed by atoms with Crippen molar-refractivity contribution in [1.82, 2.24) is 5.32 Å². The fourth-order valence-corrected chi connectivity index (χ4v) is 2.75. The summed E-state index contributed by atoms with van der Waals surface area (Å²) in [7, 11) is 1.61. The van der Waals surface area contributed by atoms with Gasteiger partial charge in [-0.15, -0.1) is 0 Å². The van der Waals surface area contributed by atoms with Crippen LogP contribution in [-0.2, 0) is 4.79 Å². The molecule has 1 aromatic rings. The minimum atomic E-state index is -0.470. The molecule has 1 aliphatic rings. The van der Waals surface area contributed by atoms with Crippen molar-refractivity contribution < 1.29 is 14.3 Å². The van der Waals surface area contributed by atoms with E-state index in [1.807, 2.05) is 25.1 Å². The van der Waals surface area contributed by atoms with E-state index in [-0.39, 0.29) is 5.91 Å². The van der Waals surface area contributed by atoms with Crippen molar-refractivity contribution in [1.29, 1.82) is 0 Å². The lowest BCUT2D eigenvalue weighted by atomic mass is 9.97. The summed E-state index contributed by atoms with van der Waals surface area (Å²) in [6.45, 7) is 2.64. The van der Waals surface area contributed by atoms with Gasteiger partial charge in [-0.3, -0.25) is 4.79 Å². The Morgan fingerprint density at radius 2 is 2.13 bits per heavy atom. The Kier molecular flexibility index (Phi) is 6.98. The molecule has 4 heteroatoms. The van der Waals surface area contributed by atoms with Crippen molar-refractivity contribution in [3.05, 3.63) is 35.9 Å². The van der Waals surface area contributed by atoms with Crippen LogP contribution in [0.2, 0.25) is 0 Å². The molecule has 1 amide bonds. The largest absolute Gasteiger partial charge is 0.497 e. The zero-order valence-electron chi connectivity index (χ0n) is 14.1. The highest BCUT2D eigenvalue weighted by Crippen LogP contribution is 2.21. The van der Waals surface area contributed by atoms with Gasteiger partial charge < -0.3 is 14.8 Å². The number of hydrogen-bond donors (Lipinski definition) is 1. The quantitative estimate of drug-likeness (QED) is 0.741. The number of carbonyl (C=O) groups excluding carboxylic acids is 1. The number of rotatable bonds is 8. The Hall–Kier alpha value is -1.97. The molecule has 0 saturated heterocycles. The molecular weight excluding hydrogens is 290 g/mol. The molecular formula is C19H27NO3. The Bertz CT molecular complexity index is 539. The molecule has 0 heterocycles. The topological polar surface area (TPSA) is 47.6 Å². The number of benzene rings is 1. The van der Waals surface area contributed by atoms with Crippen LogP contribution in [0, 0.1) is 0 Å². The summed E-state index contributed by atoms with van der Waals surface area (Å²) in [5.41, 5.74) is 1.47. The van der Waals surface area contributed by atoms with Gasteiger partial charge in [-0.1, -0.05) is 24.6 Å². The first kappa shape index (κ1) is 17.4. The summed E-state index contributed by atoms with van der Waals surface area (Å²) < 4.78 is 11.0. The maximum absolute atomic E-state index is 12.3. The highest BCUT2D eigenvalue weighted by Gasteiger charge is 2.18. The number of ether oxygens (including phenoxy) is 2. The van der Waals surface area contributed by atoms with Gasteiger partial charge in [0.1, 0.15) is 11.5 Å². The number of methoxy groups -OCH3 is 1. The minimum absolute atomic E-state index is 0.0493. The molecule has 0 aromatic heterocycles. The van der Waals surface area contributed by atoms with Gasteiger partial charge in [0.05, 0.1) is 7.11 Å². The van der Waals surface area contributed by atoms with E-state index >= 15 is 0 Å². The number of allylic oxidation sites excluding steroid dienone is 1. The molecule has 23 heavy (non-hydrogen) atoms. The zero-order valence-corrected chi connectivity index (χ0v) is 14.1. The average Bonchev–Trinajstić information content (AvgIpc) is 2.60. The number of hydrogen-bond acceptors (Lipinski definition) is 3.